The fraction of sp³-hybridized carbons (Fsp3) is 0.600. The van der Waals surface area contributed by atoms with Crippen LogP contribution in [0.3, 0.4) is 0 Å². The highest BCUT2D eigenvalue weighted by molar-refractivity contribution is 5.63. The molecule has 0 radical (unpaired) electrons. The lowest BCUT2D eigenvalue weighted by molar-refractivity contribution is 0.222. The normalized spacial score (nSPS) is 17.2. The highest BCUT2D eigenvalue weighted by atomic mass is 19.1. The van der Waals surface area contributed by atoms with E-state index in [1.807, 2.05) is 11.9 Å². The largest absolute Gasteiger partial charge is 0.495 e. The van der Waals surface area contributed by atoms with Gasteiger partial charge >= 0.3 is 0 Å². The predicted molar refractivity (Wildman–Crippen MR) is 80.9 cm³/mol. The van der Waals surface area contributed by atoms with Gasteiger partial charge in [0.05, 0.1) is 18.5 Å². The number of hydrogen-bond donors (Lipinski definition) is 1. The number of nitrogens with two attached hydrogens (primary N) is 1. The second-order valence-corrected chi connectivity index (χ2v) is 5.67. The summed E-state index contributed by atoms with van der Waals surface area (Å²) >= 11 is 0. The van der Waals surface area contributed by atoms with Crippen LogP contribution < -0.4 is 15.4 Å². The molecule has 1 heterocycles. The Balaban J connectivity index is 2.07. The Labute approximate surface area is 120 Å². The SMILES string of the molecule is COc1cc(N(C)CC2CCN(C)CC2)c(F)cc1N. The Morgan fingerprint density at radius 1 is 1.40 bits per heavy atom. The molecule has 2 N–H and O–H groups in total. The quantitative estimate of drug-likeness (QED) is 0.859. The van der Waals surface area contributed by atoms with E-state index in [-0.39, 0.29) is 5.82 Å². The molecule has 0 bridgehead atoms. The number of piperidine rings is 1. The Hall–Kier alpha value is -1.49. The monoisotopic (exact) mass is 281 g/mol. The lowest BCUT2D eigenvalue weighted by atomic mass is 9.96. The van der Waals surface area contributed by atoms with Crippen LogP contribution in [0.2, 0.25) is 0 Å². The molecule has 0 amide bonds. The fourth-order valence-corrected chi connectivity index (χ4v) is 2.76. The van der Waals surface area contributed by atoms with Gasteiger partial charge in [-0.15, -0.1) is 0 Å². The van der Waals surface area contributed by atoms with Crippen LogP contribution >= 0.6 is 0 Å². The second kappa shape index (κ2) is 6.31. The summed E-state index contributed by atoms with van der Waals surface area (Å²) in [7, 11) is 5.61. The van der Waals surface area contributed by atoms with Gasteiger partial charge in [0.25, 0.3) is 0 Å². The van der Waals surface area contributed by atoms with E-state index in [4.69, 9.17) is 10.5 Å². The van der Waals surface area contributed by atoms with E-state index in [1.54, 1.807) is 13.2 Å². The topological polar surface area (TPSA) is 41.7 Å². The van der Waals surface area contributed by atoms with Gasteiger partial charge < -0.3 is 20.3 Å². The number of halogens is 1. The lowest BCUT2D eigenvalue weighted by Crippen LogP contribution is -2.36. The molecular weight excluding hydrogens is 257 g/mol. The average molecular weight is 281 g/mol. The molecule has 4 nitrogen and oxygen atoms in total. The minimum absolute atomic E-state index is 0.293. The summed E-state index contributed by atoms with van der Waals surface area (Å²) in [5.74, 6) is 0.842. The number of nitrogen functional groups attached to an aromatic ring is 1. The zero-order valence-electron chi connectivity index (χ0n) is 12.5. The van der Waals surface area contributed by atoms with Gasteiger partial charge in [0.1, 0.15) is 11.6 Å². The van der Waals surface area contributed by atoms with Gasteiger partial charge in [-0.3, -0.25) is 0 Å². The molecule has 112 valence electrons. The van der Waals surface area contributed by atoms with Crippen LogP contribution in [0.1, 0.15) is 12.8 Å². The van der Waals surface area contributed by atoms with Crippen molar-refractivity contribution in [1.82, 2.24) is 4.90 Å². The molecule has 0 unspecified atom stereocenters. The molecule has 1 fully saturated rings. The molecule has 1 aliphatic heterocycles. The third-order valence-electron chi connectivity index (χ3n) is 4.08. The third-order valence-corrected chi connectivity index (χ3v) is 4.08. The minimum Gasteiger partial charge on any atom is -0.495 e. The van der Waals surface area contributed by atoms with Gasteiger partial charge in [-0.1, -0.05) is 0 Å². The maximum atomic E-state index is 14.0. The molecule has 1 saturated heterocycles. The summed E-state index contributed by atoms with van der Waals surface area (Å²) in [4.78, 5) is 4.30. The van der Waals surface area contributed by atoms with E-state index in [9.17, 15) is 4.39 Å². The van der Waals surface area contributed by atoms with Crippen molar-refractivity contribution < 1.29 is 9.13 Å². The van der Waals surface area contributed by atoms with Crippen LogP contribution in [-0.2, 0) is 0 Å². The van der Waals surface area contributed by atoms with Crippen LogP contribution in [-0.4, -0.2) is 45.7 Å². The molecule has 5 heteroatoms. The zero-order chi connectivity index (χ0) is 14.7. The number of ether oxygens (including phenoxy) is 1. The van der Waals surface area contributed by atoms with E-state index in [1.165, 1.54) is 6.07 Å². The number of anilines is 2. The van der Waals surface area contributed by atoms with E-state index in [0.717, 1.165) is 32.5 Å². The van der Waals surface area contributed by atoms with E-state index < -0.39 is 0 Å². The summed E-state index contributed by atoms with van der Waals surface area (Å²) < 4.78 is 19.2. The molecule has 0 spiro atoms. The van der Waals surface area contributed by atoms with Gasteiger partial charge in [0, 0.05) is 25.7 Å². The summed E-state index contributed by atoms with van der Waals surface area (Å²) in [5, 5.41) is 0. The smallest absolute Gasteiger partial charge is 0.148 e. The zero-order valence-corrected chi connectivity index (χ0v) is 12.5. The van der Waals surface area contributed by atoms with Crippen molar-refractivity contribution >= 4 is 11.4 Å². The molecule has 0 saturated carbocycles. The molecule has 1 aliphatic rings. The second-order valence-electron chi connectivity index (χ2n) is 5.67. The summed E-state index contributed by atoms with van der Waals surface area (Å²) in [6.07, 6.45) is 2.32. The molecule has 20 heavy (non-hydrogen) atoms. The highest BCUT2D eigenvalue weighted by Gasteiger charge is 2.20. The average Bonchev–Trinajstić information content (AvgIpc) is 2.41. The molecule has 0 aromatic heterocycles. The maximum absolute atomic E-state index is 14.0. The first kappa shape index (κ1) is 14.9. The van der Waals surface area contributed by atoms with Crippen LogP contribution in [0.4, 0.5) is 15.8 Å². The van der Waals surface area contributed by atoms with Crippen molar-refractivity contribution in [2.24, 2.45) is 5.92 Å². The van der Waals surface area contributed by atoms with Gasteiger partial charge in [0.15, 0.2) is 0 Å². The number of methoxy groups -OCH3 is 1. The van der Waals surface area contributed by atoms with Crippen molar-refractivity contribution in [3.8, 4) is 5.75 Å². The molecular formula is C15H24FN3O. The maximum Gasteiger partial charge on any atom is 0.148 e. The molecule has 1 aromatic rings. The van der Waals surface area contributed by atoms with E-state index >= 15 is 0 Å². The predicted octanol–water partition coefficient (Wildman–Crippen LogP) is 2.19. The summed E-state index contributed by atoms with van der Waals surface area (Å²) in [6, 6.07) is 3.01. The van der Waals surface area contributed by atoms with Crippen molar-refractivity contribution in [1.29, 1.82) is 0 Å². The van der Waals surface area contributed by atoms with Crippen molar-refractivity contribution in [3.63, 3.8) is 0 Å². The molecule has 0 atom stereocenters. The van der Waals surface area contributed by atoms with E-state index in [0.29, 0.717) is 23.0 Å². The highest BCUT2D eigenvalue weighted by Crippen LogP contribution is 2.31. The van der Waals surface area contributed by atoms with Gasteiger partial charge in [-0.05, 0) is 38.9 Å². The number of nitrogens with zero attached hydrogens (tertiary/aromatic N) is 2. The Bertz CT molecular complexity index is 459. The van der Waals surface area contributed by atoms with Crippen molar-refractivity contribution in [2.45, 2.75) is 12.8 Å². The summed E-state index contributed by atoms with van der Waals surface area (Å²) in [5.41, 5.74) is 6.60. The van der Waals surface area contributed by atoms with Gasteiger partial charge in [0.2, 0.25) is 0 Å². The first-order chi connectivity index (χ1) is 9.51. The molecule has 0 aliphatic carbocycles. The number of likely N-dealkylation sites (tertiary alicyclic amines) is 1. The van der Waals surface area contributed by atoms with E-state index in [2.05, 4.69) is 11.9 Å². The van der Waals surface area contributed by atoms with Crippen LogP contribution in [0.25, 0.3) is 0 Å². The molecule has 1 aromatic carbocycles. The Kier molecular flexibility index (Phi) is 4.70. The number of benzene rings is 1. The Morgan fingerprint density at radius 2 is 2.05 bits per heavy atom. The van der Waals surface area contributed by atoms with Crippen LogP contribution in [0.5, 0.6) is 5.75 Å². The fourth-order valence-electron chi connectivity index (χ4n) is 2.76. The lowest BCUT2D eigenvalue weighted by Gasteiger charge is -2.32. The minimum atomic E-state index is -0.293. The number of hydrogen-bond acceptors (Lipinski definition) is 4. The summed E-state index contributed by atoms with van der Waals surface area (Å²) in [6.45, 7) is 3.09. The van der Waals surface area contributed by atoms with Crippen LogP contribution in [0.15, 0.2) is 12.1 Å². The Morgan fingerprint density at radius 3 is 2.65 bits per heavy atom. The number of rotatable bonds is 4. The standard InChI is InChI=1S/C15H24FN3O/c1-18-6-4-11(5-7-18)10-19(2)14-9-15(20-3)13(17)8-12(14)16/h8-9,11H,4-7,10,17H2,1-3H3. The van der Waals surface area contributed by atoms with Crippen LogP contribution in [0, 0.1) is 11.7 Å². The van der Waals surface area contributed by atoms with Gasteiger partial charge in [-0.25, -0.2) is 4.39 Å². The van der Waals surface area contributed by atoms with Crippen molar-refractivity contribution in [2.75, 3.05) is 51.5 Å². The molecule has 2 rings (SSSR count). The first-order valence-electron chi connectivity index (χ1n) is 7.04. The third kappa shape index (κ3) is 3.33. The van der Waals surface area contributed by atoms with Gasteiger partial charge in [-0.2, -0.15) is 0 Å². The van der Waals surface area contributed by atoms with Crippen molar-refractivity contribution in [3.05, 3.63) is 17.9 Å². The first-order valence-corrected chi connectivity index (χ1v) is 7.04.